The minimum Gasteiger partial charge on any atom is -0.508 e. The Kier molecular flexibility index (Phi) is 3.94. The third kappa shape index (κ3) is 2.67. The van der Waals surface area contributed by atoms with E-state index in [1.54, 1.807) is 24.3 Å². The standard InChI is InChI=1S/C15H14BrClN2O/c16-12-13(9-3-1-2-4-9)18-15(19-14(12)17)10-5-7-11(20)8-6-10/h5-9,20H,1-4H2. The second kappa shape index (κ2) is 5.70. The quantitative estimate of drug-likeness (QED) is 0.779. The molecule has 0 unspecified atom stereocenters. The van der Waals surface area contributed by atoms with E-state index in [9.17, 15) is 5.11 Å². The van der Waals surface area contributed by atoms with Gasteiger partial charge in [0.1, 0.15) is 10.9 Å². The summed E-state index contributed by atoms with van der Waals surface area (Å²) in [5, 5.41) is 9.80. The highest BCUT2D eigenvalue weighted by molar-refractivity contribution is 9.10. The highest BCUT2D eigenvalue weighted by Crippen LogP contribution is 2.39. The van der Waals surface area contributed by atoms with E-state index in [1.807, 2.05) is 0 Å². The molecular formula is C15H14BrClN2O. The number of hydrogen-bond donors (Lipinski definition) is 1. The van der Waals surface area contributed by atoms with Crippen molar-refractivity contribution in [1.82, 2.24) is 9.97 Å². The topological polar surface area (TPSA) is 46.0 Å². The van der Waals surface area contributed by atoms with E-state index in [4.69, 9.17) is 16.6 Å². The van der Waals surface area contributed by atoms with Crippen molar-refractivity contribution < 1.29 is 5.11 Å². The third-order valence-electron chi connectivity index (χ3n) is 3.70. The van der Waals surface area contributed by atoms with Gasteiger partial charge in [0.05, 0.1) is 10.2 Å². The molecule has 20 heavy (non-hydrogen) atoms. The maximum absolute atomic E-state index is 9.36. The summed E-state index contributed by atoms with van der Waals surface area (Å²) in [6.45, 7) is 0. The average molecular weight is 354 g/mol. The van der Waals surface area contributed by atoms with Gasteiger partial charge in [0.2, 0.25) is 0 Å². The molecule has 3 rings (SSSR count). The first-order valence-corrected chi connectivity index (χ1v) is 7.84. The Hall–Kier alpha value is -1.13. The largest absolute Gasteiger partial charge is 0.508 e. The zero-order valence-electron chi connectivity index (χ0n) is 10.8. The Morgan fingerprint density at radius 1 is 1.10 bits per heavy atom. The van der Waals surface area contributed by atoms with E-state index in [0.717, 1.165) is 28.6 Å². The molecule has 0 amide bonds. The van der Waals surface area contributed by atoms with Crippen molar-refractivity contribution in [3.63, 3.8) is 0 Å². The lowest BCUT2D eigenvalue weighted by atomic mass is 10.0. The van der Waals surface area contributed by atoms with Crippen LogP contribution in [0.25, 0.3) is 11.4 Å². The monoisotopic (exact) mass is 352 g/mol. The number of halogens is 2. The lowest BCUT2D eigenvalue weighted by Crippen LogP contribution is -2.02. The summed E-state index contributed by atoms with van der Waals surface area (Å²) < 4.78 is 0.814. The van der Waals surface area contributed by atoms with E-state index in [0.29, 0.717) is 16.9 Å². The van der Waals surface area contributed by atoms with Gasteiger partial charge in [0.25, 0.3) is 0 Å². The van der Waals surface area contributed by atoms with Crippen LogP contribution >= 0.6 is 27.5 Å². The fourth-order valence-corrected chi connectivity index (χ4v) is 3.32. The van der Waals surface area contributed by atoms with Crippen molar-refractivity contribution >= 4 is 27.5 Å². The molecule has 0 saturated heterocycles. The Morgan fingerprint density at radius 2 is 1.75 bits per heavy atom. The predicted molar refractivity (Wildman–Crippen MR) is 83.1 cm³/mol. The first-order valence-electron chi connectivity index (χ1n) is 6.67. The van der Waals surface area contributed by atoms with Crippen LogP contribution in [0, 0.1) is 0 Å². The summed E-state index contributed by atoms with van der Waals surface area (Å²) in [5.41, 5.74) is 1.86. The molecule has 104 valence electrons. The van der Waals surface area contributed by atoms with E-state index < -0.39 is 0 Å². The Labute approximate surface area is 131 Å². The average Bonchev–Trinajstić information content (AvgIpc) is 2.96. The Morgan fingerprint density at radius 3 is 2.40 bits per heavy atom. The van der Waals surface area contributed by atoms with Crippen LogP contribution < -0.4 is 0 Å². The minimum atomic E-state index is 0.230. The van der Waals surface area contributed by atoms with Crippen LogP contribution in [0.3, 0.4) is 0 Å². The molecule has 2 aromatic rings. The second-order valence-corrected chi connectivity index (χ2v) is 6.22. The number of benzene rings is 1. The lowest BCUT2D eigenvalue weighted by Gasteiger charge is -2.13. The van der Waals surface area contributed by atoms with Crippen molar-refractivity contribution in [1.29, 1.82) is 0 Å². The summed E-state index contributed by atoms with van der Waals surface area (Å²) in [6, 6.07) is 6.86. The lowest BCUT2D eigenvalue weighted by molar-refractivity contribution is 0.475. The predicted octanol–water partition coefficient (Wildman–Crippen LogP) is 4.92. The Balaban J connectivity index is 2.05. The van der Waals surface area contributed by atoms with Gasteiger partial charge in [-0.15, -0.1) is 0 Å². The SMILES string of the molecule is Oc1ccc(-c2nc(Cl)c(Br)c(C3CCCC3)n2)cc1. The maximum Gasteiger partial charge on any atom is 0.161 e. The van der Waals surface area contributed by atoms with E-state index in [2.05, 4.69) is 20.9 Å². The maximum atomic E-state index is 9.36. The van der Waals surface area contributed by atoms with E-state index in [1.165, 1.54) is 12.8 Å². The number of nitrogens with zero attached hydrogens (tertiary/aromatic N) is 2. The molecule has 0 spiro atoms. The molecule has 1 aliphatic carbocycles. The van der Waals surface area contributed by atoms with Gasteiger partial charge in [0, 0.05) is 11.5 Å². The normalized spacial score (nSPS) is 15.7. The van der Waals surface area contributed by atoms with Gasteiger partial charge in [-0.25, -0.2) is 9.97 Å². The van der Waals surface area contributed by atoms with E-state index >= 15 is 0 Å². The van der Waals surface area contributed by atoms with Crippen molar-refractivity contribution in [2.45, 2.75) is 31.6 Å². The second-order valence-electron chi connectivity index (χ2n) is 5.07. The summed E-state index contributed by atoms with van der Waals surface area (Å²) in [6.07, 6.45) is 4.79. The van der Waals surface area contributed by atoms with Gasteiger partial charge in [-0.3, -0.25) is 0 Å². The zero-order chi connectivity index (χ0) is 14.1. The molecule has 5 heteroatoms. The van der Waals surface area contributed by atoms with Gasteiger partial charge in [-0.1, -0.05) is 24.4 Å². The Bertz CT molecular complexity index is 625. The summed E-state index contributed by atoms with van der Waals surface area (Å²) in [7, 11) is 0. The number of hydrogen-bond acceptors (Lipinski definition) is 3. The number of aromatic nitrogens is 2. The van der Waals surface area contributed by atoms with Crippen LogP contribution in [0.4, 0.5) is 0 Å². The molecule has 0 radical (unpaired) electrons. The van der Waals surface area contributed by atoms with Crippen molar-refractivity contribution in [3.8, 4) is 17.1 Å². The van der Waals surface area contributed by atoms with Crippen molar-refractivity contribution in [2.75, 3.05) is 0 Å². The van der Waals surface area contributed by atoms with Crippen LogP contribution in [0.2, 0.25) is 5.15 Å². The fourth-order valence-electron chi connectivity index (χ4n) is 2.65. The third-order valence-corrected chi connectivity index (χ3v) is 4.99. The zero-order valence-corrected chi connectivity index (χ0v) is 13.2. The van der Waals surface area contributed by atoms with Crippen molar-refractivity contribution in [3.05, 3.63) is 39.6 Å². The fraction of sp³-hybridized carbons (Fsp3) is 0.333. The van der Waals surface area contributed by atoms with Gasteiger partial charge in [-0.2, -0.15) is 0 Å². The number of rotatable bonds is 2. The molecule has 3 nitrogen and oxygen atoms in total. The molecule has 1 aromatic carbocycles. The summed E-state index contributed by atoms with van der Waals surface area (Å²) in [5.74, 6) is 1.30. The van der Waals surface area contributed by atoms with Crippen molar-refractivity contribution in [2.24, 2.45) is 0 Å². The van der Waals surface area contributed by atoms with E-state index in [-0.39, 0.29) is 5.75 Å². The molecule has 1 aliphatic rings. The number of aromatic hydroxyl groups is 1. The van der Waals surface area contributed by atoms with Gasteiger partial charge >= 0.3 is 0 Å². The van der Waals surface area contributed by atoms with Crippen LogP contribution in [-0.4, -0.2) is 15.1 Å². The summed E-state index contributed by atoms with van der Waals surface area (Å²) >= 11 is 9.74. The number of phenols is 1. The smallest absolute Gasteiger partial charge is 0.161 e. The molecular weight excluding hydrogens is 340 g/mol. The minimum absolute atomic E-state index is 0.230. The molecule has 1 heterocycles. The van der Waals surface area contributed by atoms with Gasteiger partial charge < -0.3 is 5.11 Å². The molecule has 1 fully saturated rings. The van der Waals surface area contributed by atoms with Crippen LogP contribution in [-0.2, 0) is 0 Å². The molecule has 0 atom stereocenters. The molecule has 1 N–H and O–H groups in total. The number of phenolic OH excluding ortho intramolecular Hbond substituents is 1. The van der Waals surface area contributed by atoms with Gasteiger partial charge in [-0.05, 0) is 53.0 Å². The van der Waals surface area contributed by atoms with Gasteiger partial charge in [0.15, 0.2) is 5.82 Å². The molecule has 0 bridgehead atoms. The highest BCUT2D eigenvalue weighted by atomic mass is 79.9. The van der Waals surface area contributed by atoms with Crippen LogP contribution in [0.5, 0.6) is 5.75 Å². The molecule has 1 saturated carbocycles. The highest BCUT2D eigenvalue weighted by Gasteiger charge is 2.23. The van der Waals surface area contributed by atoms with Crippen LogP contribution in [0.15, 0.2) is 28.7 Å². The van der Waals surface area contributed by atoms with Crippen LogP contribution in [0.1, 0.15) is 37.3 Å². The molecule has 0 aliphatic heterocycles. The molecule has 1 aromatic heterocycles. The first-order chi connectivity index (χ1) is 9.65. The summed E-state index contributed by atoms with van der Waals surface area (Å²) in [4.78, 5) is 9.02. The first kappa shape index (κ1) is 13.8.